The van der Waals surface area contributed by atoms with Crippen LogP contribution in [0, 0.1) is 0 Å². The maximum atomic E-state index is 13.0. The fraction of sp³-hybridized carbons (Fsp3) is 0.391. The van der Waals surface area contributed by atoms with Gasteiger partial charge in [0.15, 0.2) is 17.6 Å². The third kappa shape index (κ3) is 4.95. The highest BCUT2D eigenvalue weighted by Crippen LogP contribution is 2.32. The second kappa shape index (κ2) is 9.90. The van der Waals surface area contributed by atoms with Crippen LogP contribution < -0.4 is 19.5 Å². The lowest BCUT2D eigenvalue weighted by atomic mass is 10.2. The van der Waals surface area contributed by atoms with Crippen molar-refractivity contribution in [2.24, 2.45) is 0 Å². The van der Waals surface area contributed by atoms with Crippen molar-refractivity contribution in [1.29, 1.82) is 0 Å². The number of amides is 1. The van der Waals surface area contributed by atoms with Gasteiger partial charge in [-0.3, -0.25) is 4.79 Å². The summed E-state index contributed by atoms with van der Waals surface area (Å²) in [6.07, 6.45) is 0.465. The number of benzene rings is 2. The minimum Gasteiger partial charge on any atom is -0.495 e. The van der Waals surface area contributed by atoms with E-state index in [1.165, 1.54) is 36.5 Å². The van der Waals surface area contributed by atoms with Crippen LogP contribution in [-0.4, -0.2) is 57.7 Å². The Hall–Kier alpha value is -3.31. The molecule has 0 bridgehead atoms. The molecule has 2 heterocycles. The largest absolute Gasteiger partial charge is 0.495 e. The van der Waals surface area contributed by atoms with E-state index in [-0.39, 0.29) is 29.5 Å². The summed E-state index contributed by atoms with van der Waals surface area (Å²) in [6, 6.07) is 9.35. The number of esters is 1. The van der Waals surface area contributed by atoms with Crippen LogP contribution in [0.2, 0.25) is 0 Å². The van der Waals surface area contributed by atoms with E-state index in [1.54, 1.807) is 18.2 Å². The van der Waals surface area contributed by atoms with Crippen molar-refractivity contribution in [3.63, 3.8) is 0 Å². The van der Waals surface area contributed by atoms with Crippen LogP contribution in [0.15, 0.2) is 41.3 Å². The molecule has 182 valence electrons. The first-order chi connectivity index (χ1) is 16.3. The van der Waals surface area contributed by atoms with Gasteiger partial charge in [-0.15, -0.1) is 0 Å². The maximum absolute atomic E-state index is 13.0. The molecule has 1 amide bonds. The Bertz CT molecular complexity index is 1190. The highest BCUT2D eigenvalue weighted by atomic mass is 32.2. The zero-order chi connectivity index (χ0) is 24.3. The fourth-order valence-corrected chi connectivity index (χ4v) is 5.44. The highest BCUT2D eigenvalue weighted by Gasteiger charge is 2.31. The topological polar surface area (TPSA) is 120 Å². The monoisotopic (exact) mass is 490 g/mol. The van der Waals surface area contributed by atoms with Crippen molar-refractivity contribution in [3.8, 4) is 17.2 Å². The molecule has 0 unspecified atom stereocenters. The van der Waals surface area contributed by atoms with Crippen molar-refractivity contribution in [2.45, 2.75) is 37.3 Å². The van der Waals surface area contributed by atoms with Gasteiger partial charge in [-0.1, -0.05) is 6.07 Å². The number of nitrogens with one attached hydrogen (secondary N) is 1. The van der Waals surface area contributed by atoms with E-state index in [0.29, 0.717) is 24.6 Å². The number of fused-ring (bicyclic) bond motifs is 1. The van der Waals surface area contributed by atoms with Crippen molar-refractivity contribution in [3.05, 3.63) is 47.5 Å². The summed E-state index contributed by atoms with van der Waals surface area (Å²) in [5.41, 5.74) is 0.803. The Labute approximate surface area is 197 Å². The quantitative estimate of drug-likeness (QED) is 0.559. The van der Waals surface area contributed by atoms with Crippen LogP contribution >= 0.6 is 0 Å². The molecule has 4 rings (SSSR count). The molecule has 10 nitrogen and oxygen atoms in total. The van der Waals surface area contributed by atoms with Gasteiger partial charge in [0.05, 0.1) is 12.7 Å². The number of carbonyl (C=O) groups excluding carboxylic acids is 2. The molecule has 0 aliphatic carbocycles. The second-order valence-electron chi connectivity index (χ2n) is 7.93. The van der Waals surface area contributed by atoms with Crippen LogP contribution in [0.1, 0.15) is 35.7 Å². The summed E-state index contributed by atoms with van der Waals surface area (Å²) in [7, 11) is -2.46. The van der Waals surface area contributed by atoms with Crippen LogP contribution in [0.5, 0.6) is 17.2 Å². The van der Waals surface area contributed by atoms with Gasteiger partial charge in [-0.25, -0.2) is 13.2 Å². The highest BCUT2D eigenvalue weighted by molar-refractivity contribution is 7.89. The van der Waals surface area contributed by atoms with Crippen molar-refractivity contribution >= 4 is 21.9 Å². The Morgan fingerprint density at radius 2 is 1.82 bits per heavy atom. The number of nitrogens with zero attached hydrogens (tertiary/aromatic N) is 1. The van der Waals surface area contributed by atoms with E-state index in [1.807, 2.05) is 0 Å². The van der Waals surface area contributed by atoms with Gasteiger partial charge in [0.1, 0.15) is 10.6 Å². The zero-order valence-electron chi connectivity index (χ0n) is 18.9. The van der Waals surface area contributed by atoms with Gasteiger partial charge in [-0.05, 0) is 55.7 Å². The molecule has 1 atom stereocenters. The SMILES string of the molecule is COc1ccc(C(=O)O[C@@H](C)C(=O)NCc2ccc3c(c2)OCO3)cc1S(=O)(=O)N1CCCC1. The summed E-state index contributed by atoms with van der Waals surface area (Å²) in [4.78, 5) is 25.0. The van der Waals surface area contributed by atoms with E-state index in [2.05, 4.69) is 5.32 Å². The van der Waals surface area contributed by atoms with Crippen LogP contribution in [-0.2, 0) is 26.1 Å². The van der Waals surface area contributed by atoms with Crippen molar-refractivity contribution in [2.75, 3.05) is 27.0 Å². The van der Waals surface area contributed by atoms with Gasteiger partial charge in [-0.2, -0.15) is 4.31 Å². The molecule has 34 heavy (non-hydrogen) atoms. The minimum atomic E-state index is -3.82. The molecule has 2 aliphatic rings. The predicted octanol–water partition coefficient (Wildman–Crippen LogP) is 2.07. The molecular weight excluding hydrogens is 464 g/mol. The summed E-state index contributed by atoms with van der Waals surface area (Å²) < 4.78 is 48.5. The number of hydrogen-bond donors (Lipinski definition) is 1. The lowest BCUT2D eigenvalue weighted by Crippen LogP contribution is -2.35. The maximum Gasteiger partial charge on any atom is 0.338 e. The number of methoxy groups -OCH3 is 1. The third-order valence-electron chi connectivity index (χ3n) is 5.64. The summed E-state index contributed by atoms with van der Waals surface area (Å²) >= 11 is 0. The van der Waals surface area contributed by atoms with Gasteiger partial charge in [0, 0.05) is 19.6 Å². The molecule has 0 radical (unpaired) electrons. The van der Waals surface area contributed by atoms with Gasteiger partial charge >= 0.3 is 5.97 Å². The molecule has 0 spiro atoms. The average Bonchev–Trinajstić information content (AvgIpc) is 3.54. The fourth-order valence-electron chi connectivity index (χ4n) is 3.74. The number of hydrogen-bond acceptors (Lipinski definition) is 8. The number of sulfonamides is 1. The number of carbonyl (C=O) groups is 2. The smallest absolute Gasteiger partial charge is 0.338 e. The third-order valence-corrected chi connectivity index (χ3v) is 7.56. The van der Waals surface area contributed by atoms with E-state index in [4.69, 9.17) is 18.9 Å². The molecule has 2 aromatic carbocycles. The van der Waals surface area contributed by atoms with E-state index >= 15 is 0 Å². The Balaban J connectivity index is 1.41. The normalized spacial score (nSPS) is 16.2. The summed E-state index contributed by atoms with van der Waals surface area (Å²) in [6.45, 7) is 2.64. The predicted molar refractivity (Wildman–Crippen MR) is 120 cm³/mol. The molecule has 1 saturated heterocycles. The summed E-state index contributed by atoms with van der Waals surface area (Å²) in [5, 5.41) is 2.70. The van der Waals surface area contributed by atoms with Crippen LogP contribution in [0.4, 0.5) is 0 Å². The molecule has 2 aromatic rings. The van der Waals surface area contributed by atoms with Crippen LogP contribution in [0.3, 0.4) is 0 Å². The molecule has 0 aromatic heterocycles. The second-order valence-corrected chi connectivity index (χ2v) is 9.84. The van der Waals surface area contributed by atoms with E-state index < -0.39 is 28.0 Å². The first-order valence-corrected chi connectivity index (χ1v) is 12.3. The molecule has 0 saturated carbocycles. The Morgan fingerprint density at radius 1 is 1.09 bits per heavy atom. The van der Waals surface area contributed by atoms with Crippen molar-refractivity contribution < 1.29 is 37.0 Å². The molecular formula is C23H26N2O8S. The number of rotatable bonds is 8. The Morgan fingerprint density at radius 3 is 2.56 bits per heavy atom. The first-order valence-electron chi connectivity index (χ1n) is 10.8. The van der Waals surface area contributed by atoms with Gasteiger partial charge in [0.25, 0.3) is 5.91 Å². The van der Waals surface area contributed by atoms with Crippen molar-refractivity contribution in [1.82, 2.24) is 9.62 Å². The zero-order valence-corrected chi connectivity index (χ0v) is 19.7. The minimum absolute atomic E-state index is 0.00833. The lowest BCUT2D eigenvalue weighted by molar-refractivity contribution is -0.129. The van der Waals surface area contributed by atoms with Gasteiger partial charge < -0.3 is 24.3 Å². The summed E-state index contributed by atoms with van der Waals surface area (Å²) in [5.74, 6) is 0.0714. The number of ether oxygens (including phenoxy) is 4. The molecule has 1 N–H and O–H groups in total. The van der Waals surface area contributed by atoms with Crippen LogP contribution in [0.25, 0.3) is 0 Å². The van der Waals surface area contributed by atoms with Gasteiger partial charge in [0.2, 0.25) is 16.8 Å². The van der Waals surface area contributed by atoms with E-state index in [9.17, 15) is 18.0 Å². The Kier molecular flexibility index (Phi) is 6.94. The standard InChI is InChI=1S/C23H26N2O8S/c1-15(22(26)24-13-16-5-7-18-20(11-16)32-14-31-18)33-23(27)17-6-8-19(30-2)21(12-17)34(28,29)25-9-3-4-10-25/h5-8,11-12,15H,3-4,9-10,13-14H2,1-2H3,(H,24,26)/t15-/m0/s1. The van der Waals surface area contributed by atoms with E-state index in [0.717, 1.165) is 18.4 Å². The molecule has 1 fully saturated rings. The lowest BCUT2D eigenvalue weighted by Gasteiger charge is -2.18. The first kappa shape index (κ1) is 23.8. The molecule has 2 aliphatic heterocycles. The average molecular weight is 491 g/mol. The molecule has 11 heteroatoms.